The van der Waals surface area contributed by atoms with E-state index in [1.165, 1.54) is 38.5 Å². The van der Waals surface area contributed by atoms with Crippen LogP contribution in [-0.2, 0) is 0 Å². The van der Waals surface area contributed by atoms with Gasteiger partial charge in [0.1, 0.15) is 0 Å². The minimum Gasteiger partial charge on any atom is -0.314 e. The van der Waals surface area contributed by atoms with Crippen LogP contribution in [0.2, 0.25) is 0 Å². The predicted molar refractivity (Wildman–Crippen MR) is 74.8 cm³/mol. The van der Waals surface area contributed by atoms with Crippen molar-refractivity contribution in [3.05, 3.63) is 12.7 Å². The molecule has 0 aliphatic carbocycles. The molecule has 0 amide bonds. The second-order valence-electron chi connectivity index (χ2n) is 5.95. The molecular weight excluding hydrogens is 194 g/mol. The Balaban J connectivity index is 3.72. The molecule has 0 fully saturated rings. The molecule has 0 heterocycles. The van der Waals surface area contributed by atoms with E-state index < -0.39 is 0 Å². The molecule has 0 aromatic heterocycles. The molecule has 1 atom stereocenters. The van der Waals surface area contributed by atoms with Crippen LogP contribution >= 0.6 is 0 Å². The molecule has 1 heteroatoms. The Labute approximate surface area is 103 Å². The highest BCUT2D eigenvalue weighted by molar-refractivity contribution is 4.74. The lowest BCUT2D eigenvalue weighted by atomic mass is 9.86. The second-order valence-corrected chi connectivity index (χ2v) is 5.95. The Morgan fingerprint density at radius 3 is 2.38 bits per heavy atom. The molecule has 1 nitrogen and oxygen atoms in total. The quantitative estimate of drug-likeness (QED) is 0.449. The van der Waals surface area contributed by atoms with Gasteiger partial charge in [0.05, 0.1) is 0 Å². The molecule has 0 bridgehead atoms. The lowest BCUT2D eigenvalue weighted by Gasteiger charge is -2.26. The maximum absolute atomic E-state index is 3.76. The van der Waals surface area contributed by atoms with Crippen LogP contribution < -0.4 is 5.32 Å². The van der Waals surface area contributed by atoms with E-state index in [4.69, 9.17) is 0 Å². The van der Waals surface area contributed by atoms with E-state index in [1.807, 2.05) is 6.08 Å². The molecule has 1 unspecified atom stereocenters. The van der Waals surface area contributed by atoms with E-state index in [0.29, 0.717) is 11.5 Å². The minimum absolute atomic E-state index is 0.438. The first-order valence-electron chi connectivity index (χ1n) is 6.84. The van der Waals surface area contributed by atoms with Gasteiger partial charge >= 0.3 is 0 Å². The average molecular weight is 225 g/mol. The fourth-order valence-electron chi connectivity index (χ4n) is 2.16. The van der Waals surface area contributed by atoms with Gasteiger partial charge in [-0.1, -0.05) is 46.6 Å². The summed E-state index contributed by atoms with van der Waals surface area (Å²) in [5, 5.41) is 3.61. The van der Waals surface area contributed by atoms with Gasteiger partial charge in [-0.15, -0.1) is 6.58 Å². The average Bonchev–Trinajstić information content (AvgIpc) is 2.15. The summed E-state index contributed by atoms with van der Waals surface area (Å²) in [6.45, 7) is 14.0. The largest absolute Gasteiger partial charge is 0.314 e. The third-order valence-corrected chi connectivity index (χ3v) is 2.81. The molecule has 0 saturated carbocycles. The van der Waals surface area contributed by atoms with Crippen molar-refractivity contribution in [2.75, 3.05) is 6.54 Å². The van der Waals surface area contributed by atoms with Gasteiger partial charge in [0.15, 0.2) is 0 Å². The Kier molecular flexibility index (Phi) is 8.64. The third-order valence-electron chi connectivity index (χ3n) is 2.81. The Morgan fingerprint density at radius 1 is 1.19 bits per heavy atom. The molecule has 0 aromatic carbocycles. The molecular formula is C15H31N. The van der Waals surface area contributed by atoms with Crippen molar-refractivity contribution in [1.82, 2.24) is 5.32 Å². The standard InChI is InChI=1S/C15H31N/c1-6-8-9-10-11-12-14(16-7-2)13-15(3,4)5/h6,14,16H,1,7-13H2,2-5H3. The Hall–Kier alpha value is -0.300. The van der Waals surface area contributed by atoms with Gasteiger partial charge in [0.25, 0.3) is 0 Å². The van der Waals surface area contributed by atoms with Gasteiger partial charge in [-0.3, -0.25) is 0 Å². The van der Waals surface area contributed by atoms with E-state index in [1.54, 1.807) is 0 Å². The monoisotopic (exact) mass is 225 g/mol. The minimum atomic E-state index is 0.438. The van der Waals surface area contributed by atoms with Gasteiger partial charge < -0.3 is 5.32 Å². The van der Waals surface area contributed by atoms with E-state index >= 15 is 0 Å². The zero-order valence-corrected chi connectivity index (χ0v) is 11.8. The first-order chi connectivity index (χ1) is 7.49. The van der Waals surface area contributed by atoms with Crippen molar-refractivity contribution in [3.8, 4) is 0 Å². The first-order valence-corrected chi connectivity index (χ1v) is 6.84. The van der Waals surface area contributed by atoms with E-state index in [0.717, 1.165) is 6.54 Å². The summed E-state index contributed by atoms with van der Waals surface area (Å²) in [6.07, 6.45) is 9.80. The molecule has 0 saturated heterocycles. The van der Waals surface area contributed by atoms with Crippen LogP contribution in [0.15, 0.2) is 12.7 Å². The summed E-state index contributed by atoms with van der Waals surface area (Å²) in [4.78, 5) is 0. The second kappa shape index (κ2) is 8.81. The maximum Gasteiger partial charge on any atom is 0.00719 e. The number of unbranched alkanes of at least 4 members (excludes halogenated alkanes) is 3. The van der Waals surface area contributed by atoms with Crippen LogP contribution in [0.5, 0.6) is 0 Å². The normalized spacial score (nSPS) is 13.8. The third kappa shape index (κ3) is 10.2. The van der Waals surface area contributed by atoms with Crippen molar-refractivity contribution in [2.45, 2.75) is 72.3 Å². The van der Waals surface area contributed by atoms with Crippen molar-refractivity contribution in [3.63, 3.8) is 0 Å². The van der Waals surface area contributed by atoms with Crippen LogP contribution in [0.25, 0.3) is 0 Å². The van der Waals surface area contributed by atoms with Gasteiger partial charge in [-0.2, -0.15) is 0 Å². The molecule has 0 aromatic rings. The summed E-state index contributed by atoms with van der Waals surface area (Å²) >= 11 is 0. The number of rotatable bonds is 9. The topological polar surface area (TPSA) is 12.0 Å². The van der Waals surface area contributed by atoms with Gasteiger partial charge in [0, 0.05) is 6.04 Å². The van der Waals surface area contributed by atoms with E-state index in [9.17, 15) is 0 Å². The Bertz CT molecular complexity index is 167. The highest BCUT2D eigenvalue weighted by Crippen LogP contribution is 2.23. The number of allylic oxidation sites excluding steroid dienone is 1. The summed E-state index contributed by atoms with van der Waals surface area (Å²) < 4.78 is 0. The Morgan fingerprint density at radius 2 is 1.88 bits per heavy atom. The van der Waals surface area contributed by atoms with E-state index in [-0.39, 0.29) is 0 Å². The highest BCUT2D eigenvalue weighted by Gasteiger charge is 2.17. The molecule has 0 aliphatic rings. The maximum atomic E-state index is 3.76. The number of nitrogens with one attached hydrogen (secondary N) is 1. The summed E-state index contributed by atoms with van der Waals surface area (Å²) in [6, 6.07) is 0.703. The molecule has 0 spiro atoms. The van der Waals surface area contributed by atoms with Crippen molar-refractivity contribution in [2.24, 2.45) is 5.41 Å². The lowest BCUT2D eigenvalue weighted by molar-refractivity contribution is 0.296. The fourth-order valence-corrected chi connectivity index (χ4v) is 2.16. The molecule has 16 heavy (non-hydrogen) atoms. The van der Waals surface area contributed by atoms with Gasteiger partial charge in [-0.05, 0) is 37.6 Å². The predicted octanol–water partition coefficient (Wildman–Crippen LogP) is 4.54. The molecule has 96 valence electrons. The molecule has 0 rings (SSSR count). The van der Waals surface area contributed by atoms with Crippen molar-refractivity contribution >= 4 is 0 Å². The SMILES string of the molecule is C=CCCCCCC(CC(C)(C)C)NCC. The van der Waals surface area contributed by atoms with Crippen LogP contribution in [0.3, 0.4) is 0 Å². The number of hydrogen-bond acceptors (Lipinski definition) is 1. The summed E-state index contributed by atoms with van der Waals surface area (Å²) in [7, 11) is 0. The van der Waals surface area contributed by atoms with Crippen LogP contribution in [0.1, 0.15) is 66.2 Å². The van der Waals surface area contributed by atoms with E-state index in [2.05, 4.69) is 39.6 Å². The molecule has 0 radical (unpaired) electrons. The fraction of sp³-hybridized carbons (Fsp3) is 0.867. The van der Waals surface area contributed by atoms with Crippen molar-refractivity contribution < 1.29 is 0 Å². The van der Waals surface area contributed by atoms with Crippen LogP contribution in [-0.4, -0.2) is 12.6 Å². The lowest BCUT2D eigenvalue weighted by Crippen LogP contribution is -2.32. The number of hydrogen-bond donors (Lipinski definition) is 1. The molecule has 0 aliphatic heterocycles. The van der Waals surface area contributed by atoms with Crippen LogP contribution in [0.4, 0.5) is 0 Å². The molecule has 1 N–H and O–H groups in total. The van der Waals surface area contributed by atoms with Crippen molar-refractivity contribution in [1.29, 1.82) is 0 Å². The zero-order valence-electron chi connectivity index (χ0n) is 11.8. The zero-order chi connectivity index (χ0) is 12.4. The summed E-state index contributed by atoms with van der Waals surface area (Å²) in [5.41, 5.74) is 0.438. The summed E-state index contributed by atoms with van der Waals surface area (Å²) in [5.74, 6) is 0. The smallest absolute Gasteiger partial charge is 0.00719 e. The highest BCUT2D eigenvalue weighted by atomic mass is 14.9. The van der Waals surface area contributed by atoms with Gasteiger partial charge in [-0.25, -0.2) is 0 Å². The van der Waals surface area contributed by atoms with Gasteiger partial charge in [0.2, 0.25) is 0 Å². The van der Waals surface area contributed by atoms with Crippen LogP contribution in [0, 0.1) is 5.41 Å². The first kappa shape index (κ1) is 15.7.